The smallest absolute Gasteiger partial charge is 0.113 e. The van der Waals surface area contributed by atoms with Gasteiger partial charge in [-0.25, -0.2) is 0 Å². The summed E-state index contributed by atoms with van der Waals surface area (Å²) in [6.07, 6.45) is -3.03. The molecule has 0 amide bonds. The molecule has 2 aromatic carbocycles. The second kappa shape index (κ2) is 8.38. The molecule has 1 saturated carbocycles. The van der Waals surface area contributed by atoms with Gasteiger partial charge in [-0.15, -0.1) is 0 Å². The molecule has 162 valence electrons. The highest BCUT2D eigenvalue weighted by Crippen LogP contribution is 2.47. The maximum absolute atomic E-state index is 10.4. The van der Waals surface area contributed by atoms with Crippen LogP contribution in [0.25, 0.3) is 0 Å². The van der Waals surface area contributed by atoms with Gasteiger partial charge in [0.25, 0.3) is 0 Å². The van der Waals surface area contributed by atoms with Gasteiger partial charge >= 0.3 is 0 Å². The van der Waals surface area contributed by atoms with Crippen LogP contribution in [0.15, 0.2) is 42.5 Å². The second-order valence-corrected chi connectivity index (χ2v) is 8.75. The minimum absolute atomic E-state index is 0.0442. The van der Waals surface area contributed by atoms with E-state index in [2.05, 4.69) is 24.3 Å². The molecule has 6 heteroatoms. The third-order valence-electron chi connectivity index (χ3n) is 6.71. The lowest BCUT2D eigenvalue weighted by molar-refractivity contribution is -0.231. The van der Waals surface area contributed by atoms with E-state index in [1.54, 1.807) is 0 Å². The normalized spacial score (nSPS) is 30.3. The maximum Gasteiger partial charge on any atom is 0.113 e. The Morgan fingerprint density at radius 2 is 1.63 bits per heavy atom. The number of aliphatic hydroxyl groups is 5. The lowest BCUT2D eigenvalue weighted by Gasteiger charge is -2.40. The Bertz CT molecular complexity index is 874. The number of hydrogen-bond acceptors (Lipinski definition) is 6. The standard InChI is InChI=1S/C24H30O6/c1-14-2-5-16(23-22(29)21(28)20(27)19(12-25)30-23)11-17(14)10-15-3-6-18(7-4-15)24(13-26)8-9-24/h2-7,11,19-23,25-29H,8-10,12-13H2,1H3/t19-,20-,21+,22-,23+/m1/s1. The fourth-order valence-corrected chi connectivity index (χ4v) is 4.32. The summed E-state index contributed by atoms with van der Waals surface area (Å²) in [5, 5.41) is 49.6. The average molecular weight is 414 g/mol. The molecule has 0 unspecified atom stereocenters. The Hall–Kier alpha value is -1.80. The Morgan fingerprint density at radius 3 is 2.23 bits per heavy atom. The lowest BCUT2D eigenvalue weighted by atomic mass is 9.88. The number of aryl methyl sites for hydroxylation is 1. The van der Waals surface area contributed by atoms with Crippen molar-refractivity contribution in [2.75, 3.05) is 13.2 Å². The van der Waals surface area contributed by atoms with Gasteiger partial charge in [0.2, 0.25) is 0 Å². The van der Waals surface area contributed by atoms with E-state index in [4.69, 9.17) is 4.74 Å². The number of hydrogen-bond donors (Lipinski definition) is 5. The zero-order valence-corrected chi connectivity index (χ0v) is 17.1. The molecule has 1 aliphatic heterocycles. The minimum Gasteiger partial charge on any atom is -0.395 e. The summed E-state index contributed by atoms with van der Waals surface area (Å²) in [5.74, 6) is 0. The van der Waals surface area contributed by atoms with Crippen LogP contribution in [-0.2, 0) is 16.6 Å². The molecule has 0 bridgehead atoms. The zero-order chi connectivity index (χ0) is 21.5. The molecular weight excluding hydrogens is 384 g/mol. The summed E-state index contributed by atoms with van der Waals surface area (Å²) >= 11 is 0. The molecule has 0 spiro atoms. The fourth-order valence-electron chi connectivity index (χ4n) is 4.32. The molecule has 5 N–H and O–H groups in total. The van der Waals surface area contributed by atoms with E-state index in [1.807, 2.05) is 25.1 Å². The number of ether oxygens (including phenoxy) is 1. The number of benzene rings is 2. The van der Waals surface area contributed by atoms with Gasteiger partial charge in [0, 0.05) is 5.41 Å². The van der Waals surface area contributed by atoms with Gasteiger partial charge in [0.1, 0.15) is 30.5 Å². The van der Waals surface area contributed by atoms with E-state index < -0.39 is 37.1 Å². The highest BCUT2D eigenvalue weighted by molar-refractivity contribution is 5.39. The topological polar surface area (TPSA) is 110 Å². The fraction of sp³-hybridized carbons (Fsp3) is 0.500. The Morgan fingerprint density at radius 1 is 0.933 bits per heavy atom. The van der Waals surface area contributed by atoms with Gasteiger partial charge in [-0.05, 0) is 54.0 Å². The summed E-state index contributed by atoms with van der Waals surface area (Å²) < 4.78 is 5.70. The molecule has 5 atom stereocenters. The number of rotatable bonds is 6. The Kier molecular flexibility index (Phi) is 5.99. The van der Waals surface area contributed by atoms with Crippen LogP contribution in [0, 0.1) is 6.92 Å². The van der Waals surface area contributed by atoms with Crippen molar-refractivity contribution in [3.63, 3.8) is 0 Å². The summed E-state index contributed by atoms with van der Waals surface area (Å²) in [7, 11) is 0. The monoisotopic (exact) mass is 414 g/mol. The first kappa shape index (κ1) is 21.4. The van der Waals surface area contributed by atoms with E-state index in [9.17, 15) is 25.5 Å². The summed E-state index contributed by atoms with van der Waals surface area (Å²) in [6.45, 7) is 1.76. The van der Waals surface area contributed by atoms with E-state index in [-0.39, 0.29) is 12.0 Å². The van der Waals surface area contributed by atoms with Gasteiger partial charge < -0.3 is 30.3 Å². The molecule has 2 aromatic rings. The van der Waals surface area contributed by atoms with Crippen LogP contribution in [0.1, 0.15) is 46.8 Å². The zero-order valence-electron chi connectivity index (χ0n) is 17.1. The van der Waals surface area contributed by atoms with Crippen molar-refractivity contribution in [3.8, 4) is 0 Å². The predicted molar refractivity (Wildman–Crippen MR) is 111 cm³/mol. The van der Waals surface area contributed by atoms with Gasteiger partial charge in [0.05, 0.1) is 13.2 Å². The summed E-state index contributed by atoms with van der Waals surface area (Å²) in [4.78, 5) is 0. The van der Waals surface area contributed by atoms with Gasteiger partial charge in [0.15, 0.2) is 0 Å². The minimum atomic E-state index is -1.39. The quantitative estimate of drug-likeness (QED) is 0.485. The molecular formula is C24H30O6. The first-order valence-corrected chi connectivity index (χ1v) is 10.5. The third-order valence-corrected chi connectivity index (χ3v) is 6.71. The third kappa shape index (κ3) is 3.91. The molecule has 1 aliphatic carbocycles. The van der Waals surface area contributed by atoms with E-state index in [0.717, 1.165) is 29.5 Å². The van der Waals surface area contributed by atoms with Crippen molar-refractivity contribution in [2.45, 2.75) is 62.1 Å². The molecule has 1 heterocycles. The molecule has 30 heavy (non-hydrogen) atoms. The first-order chi connectivity index (χ1) is 14.4. The van der Waals surface area contributed by atoms with Crippen LogP contribution in [0.2, 0.25) is 0 Å². The molecule has 0 radical (unpaired) electrons. The van der Waals surface area contributed by atoms with Crippen molar-refractivity contribution < 1.29 is 30.3 Å². The highest BCUT2D eigenvalue weighted by atomic mass is 16.5. The molecule has 2 aliphatic rings. The Labute approximate surface area is 176 Å². The predicted octanol–water partition coefficient (Wildman–Crippen LogP) is 1.12. The van der Waals surface area contributed by atoms with Crippen molar-refractivity contribution in [2.24, 2.45) is 0 Å². The number of aliphatic hydroxyl groups excluding tert-OH is 5. The van der Waals surface area contributed by atoms with E-state index >= 15 is 0 Å². The van der Waals surface area contributed by atoms with Gasteiger partial charge in [-0.2, -0.15) is 0 Å². The van der Waals surface area contributed by atoms with Crippen LogP contribution in [-0.4, -0.2) is 63.2 Å². The van der Waals surface area contributed by atoms with Gasteiger partial charge in [-0.3, -0.25) is 0 Å². The summed E-state index contributed by atoms with van der Waals surface area (Å²) in [6, 6.07) is 14.1. The van der Waals surface area contributed by atoms with Gasteiger partial charge in [-0.1, -0.05) is 42.5 Å². The SMILES string of the molecule is Cc1ccc([C@@H]2O[C@H](CO)[C@@H](O)[C@H](O)[C@H]2O)cc1Cc1ccc(C2(CO)CC2)cc1. The van der Waals surface area contributed by atoms with Crippen LogP contribution in [0.3, 0.4) is 0 Å². The van der Waals surface area contributed by atoms with Crippen LogP contribution < -0.4 is 0 Å². The largest absolute Gasteiger partial charge is 0.395 e. The maximum atomic E-state index is 10.4. The molecule has 2 fully saturated rings. The van der Waals surface area contributed by atoms with E-state index in [1.165, 1.54) is 5.56 Å². The van der Waals surface area contributed by atoms with Crippen molar-refractivity contribution in [1.82, 2.24) is 0 Å². The van der Waals surface area contributed by atoms with Crippen molar-refractivity contribution in [3.05, 3.63) is 70.3 Å². The molecule has 0 aromatic heterocycles. The van der Waals surface area contributed by atoms with Crippen molar-refractivity contribution in [1.29, 1.82) is 0 Å². The molecule has 6 nitrogen and oxygen atoms in total. The van der Waals surface area contributed by atoms with Crippen molar-refractivity contribution >= 4 is 0 Å². The van der Waals surface area contributed by atoms with E-state index in [0.29, 0.717) is 12.0 Å². The van der Waals surface area contributed by atoms with Crippen LogP contribution >= 0.6 is 0 Å². The van der Waals surface area contributed by atoms with Crippen LogP contribution in [0.5, 0.6) is 0 Å². The van der Waals surface area contributed by atoms with Crippen LogP contribution in [0.4, 0.5) is 0 Å². The molecule has 4 rings (SSSR count). The highest BCUT2D eigenvalue weighted by Gasteiger charge is 2.44. The molecule has 1 saturated heterocycles. The second-order valence-electron chi connectivity index (χ2n) is 8.75. The lowest BCUT2D eigenvalue weighted by Crippen LogP contribution is -2.55. The average Bonchev–Trinajstić information content (AvgIpc) is 3.56. The first-order valence-electron chi connectivity index (χ1n) is 10.5. The summed E-state index contributed by atoms with van der Waals surface area (Å²) in [5.41, 5.74) is 5.14. The Balaban J connectivity index is 1.55.